The summed E-state index contributed by atoms with van der Waals surface area (Å²) >= 11 is 0. The predicted octanol–water partition coefficient (Wildman–Crippen LogP) is 3.96. The van der Waals surface area contributed by atoms with Crippen molar-refractivity contribution in [3.05, 3.63) is 59.7 Å². The van der Waals surface area contributed by atoms with E-state index >= 15 is 0 Å². The Kier molecular flexibility index (Phi) is 9.41. The topological polar surface area (TPSA) is 54.9 Å². The second kappa shape index (κ2) is 11.0. The molecule has 0 atom stereocenters. The van der Waals surface area contributed by atoms with Gasteiger partial charge in [0.2, 0.25) is 0 Å². The van der Waals surface area contributed by atoms with E-state index in [0.717, 1.165) is 30.5 Å². The Morgan fingerprint density at radius 3 is 2.22 bits per heavy atom. The van der Waals surface area contributed by atoms with Gasteiger partial charge in [-0.3, -0.25) is 4.99 Å². The number of nitrogens with one attached hydrogen (secondary N) is 2. The Labute approximate surface area is 179 Å². The Morgan fingerprint density at radius 1 is 0.963 bits per heavy atom. The maximum absolute atomic E-state index is 5.42. The molecule has 0 aromatic heterocycles. The SMILES string of the molecule is CN=C(NCc1ccccc1)NCC(C)(C)c1ccc(OC)c(OC)c1.I. The first kappa shape index (κ1) is 23.1. The molecule has 27 heavy (non-hydrogen) atoms. The Balaban J connectivity index is 0.00000364. The summed E-state index contributed by atoms with van der Waals surface area (Å²) in [6.07, 6.45) is 0. The van der Waals surface area contributed by atoms with Gasteiger partial charge in [0.15, 0.2) is 17.5 Å². The van der Waals surface area contributed by atoms with Gasteiger partial charge in [-0.2, -0.15) is 0 Å². The molecule has 6 heteroatoms. The van der Waals surface area contributed by atoms with E-state index in [9.17, 15) is 0 Å². The fourth-order valence-corrected chi connectivity index (χ4v) is 2.67. The van der Waals surface area contributed by atoms with Gasteiger partial charge in [-0.15, -0.1) is 24.0 Å². The molecule has 0 saturated carbocycles. The van der Waals surface area contributed by atoms with Crippen molar-refractivity contribution in [1.29, 1.82) is 0 Å². The van der Waals surface area contributed by atoms with Crippen LogP contribution in [0.4, 0.5) is 0 Å². The highest BCUT2D eigenvalue weighted by molar-refractivity contribution is 14.0. The largest absolute Gasteiger partial charge is 0.493 e. The van der Waals surface area contributed by atoms with Crippen LogP contribution in [0.2, 0.25) is 0 Å². The number of hydrogen-bond donors (Lipinski definition) is 2. The number of rotatable bonds is 7. The zero-order chi connectivity index (χ0) is 19.0. The number of nitrogens with zero attached hydrogens (tertiary/aromatic N) is 1. The molecule has 0 bridgehead atoms. The molecule has 0 fully saturated rings. The number of guanidine groups is 1. The van der Waals surface area contributed by atoms with Crippen molar-refractivity contribution < 1.29 is 9.47 Å². The van der Waals surface area contributed by atoms with E-state index in [1.165, 1.54) is 11.1 Å². The third-order valence-electron chi connectivity index (χ3n) is 4.39. The summed E-state index contributed by atoms with van der Waals surface area (Å²) in [7, 11) is 5.08. The molecule has 5 nitrogen and oxygen atoms in total. The van der Waals surface area contributed by atoms with Crippen LogP contribution in [0.5, 0.6) is 11.5 Å². The van der Waals surface area contributed by atoms with Gasteiger partial charge in [0.25, 0.3) is 0 Å². The fourth-order valence-electron chi connectivity index (χ4n) is 2.67. The summed E-state index contributed by atoms with van der Waals surface area (Å²) in [5, 5.41) is 6.76. The van der Waals surface area contributed by atoms with Gasteiger partial charge in [0, 0.05) is 25.6 Å². The Morgan fingerprint density at radius 2 is 1.63 bits per heavy atom. The van der Waals surface area contributed by atoms with E-state index in [-0.39, 0.29) is 29.4 Å². The summed E-state index contributed by atoms with van der Waals surface area (Å²) in [5.74, 6) is 2.26. The highest BCUT2D eigenvalue weighted by atomic mass is 127. The van der Waals surface area contributed by atoms with Crippen molar-refractivity contribution in [3.63, 3.8) is 0 Å². The summed E-state index contributed by atoms with van der Waals surface area (Å²) in [6.45, 7) is 5.84. The second-order valence-electron chi connectivity index (χ2n) is 6.72. The molecule has 0 unspecified atom stereocenters. The van der Waals surface area contributed by atoms with Gasteiger partial charge in [-0.25, -0.2) is 0 Å². The number of hydrogen-bond acceptors (Lipinski definition) is 3. The van der Waals surface area contributed by atoms with Gasteiger partial charge in [-0.1, -0.05) is 50.2 Å². The molecule has 2 rings (SSSR count). The van der Waals surface area contributed by atoms with Crippen molar-refractivity contribution >= 4 is 29.9 Å². The van der Waals surface area contributed by atoms with Gasteiger partial charge >= 0.3 is 0 Å². The molecule has 2 N–H and O–H groups in total. The Hall–Kier alpha value is -1.96. The Bertz CT molecular complexity index is 733. The maximum Gasteiger partial charge on any atom is 0.191 e. The average Bonchev–Trinajstić information content (AvgIpc) is 2.68. The molecule has 0 radical (unpaired) electrons. The van der Waals surface area contributed by atoms with Crippen molar-refractivity contribution in [2.45, 2.75) is 25.8 Å². The zero-order valence-electron chi connectivity index (χ0n) is 16.7. The number of halogens is 1. The lowest BCUT2D eigenvalue weighted by Gasteiger charge is -2.27. The van der Waals surface area contributed by atoms with Gasteiger partial charge in [0.05, 0.1) is 14.2 Å². The molecule has 148 valence electrons. The monoisotopic (exact) mass is 483 g/mol. The molecule has 0 spiro atoms. The minimum atomic E-state index is -0.107. The molecule has 0 saturated heterocycles. The van der Waals surface area contributed by atoms with Crippen LogP contribution in [0.15, 0.2) is 53.5 Å². The average molecular weight is 483 g/mol. The van der Waals surface area contributed by atoms with E-state index in [0.29, 0.717) is 0 Å². The van der Waals surface area contributed by atoms with E-state index in [4.69, 9.17) is 9.47 Å². The number of aliphatic imine (C=N–C) groups is 1. The first-order chi connectivity index (χ1) is 12.5. The number of ether oxygens (including phenoxy) is 2. The van der Waals surface area contributed by atoms with Crippen LogP contribution in [-0.4, -0.2) is 33.8 Å². The van der Waals surface area contributed by atoms with Crippen molar-refractivity contribution in [2.75, 3.05) is 27.8 Å². The molecule has 0 aliphatic carbocycles. The van der Waals surface area contributed by atoms with Gasteiger partial charge in [0.1, 0.15) is 0 Å². The molecule has 2 aromatic carbocycles. The van der Waals surface area contributed by atoms with Crippen LogP contribution in [0.25, 0.3) is 0 Å². The van der Waals surface area contributed by atoms with Crippen molar-refractivity contribution in [3.8, 4) is 11.5 Å². The van der Waals surface area contributed by atoms with Crippen LogP contribution in [0.1, 0.15) is 25.0 Å². The van der Waals surface area contributed by atoms with E-state index in [1.807, 2.05) is 30.3 Å². The van der Waals surface area contributed by atoms with E-state index in [2.05, 4.69) is 47.7 Å². The van der Waals surface area contributed by atoms with E-state index in [1.54, 1.807) is 21.3 Å². The van der Waals surface area contributed by atoms with E-state index < -0.39 is 0 Å². The first-order valence-electron chi connectivity index (χ1n) is 8.71. The fraction of sp³-hybridized carbons (Fsp3) is 0.381. The van der Waals surface area contributed by atoms with Crippen molar-refractivity contribution in [1.82, 2.24) is 10.6 Å². The molecule has 0 amide bonds. The molecular formula is C21H30IN3O2. The predicted molar refractivity (Wildman–Crippen MR) is 123 cm³/mol. The molecular weight excluding hydrogens is 453 g/mol. The lowest BCUT2D eigenvalue weighted by molar-refractivity contribution is 0.353. The summed E-state index contributed by atoms with van der Waals surface area (Å²) in [6, 6.07) is 16.3. The van der Waals surface area contributed by atoms with Crippen LogP contribution in [0, 0.1) is 0 Å². The molecule has 0 aliphatic rings. The quantitative estimate of drug-likeness (QED) is 0.356. The first-order valence-corrected chi connectivity index (χ1v) is 8.71. The minimum absolute atomic E-state index is 0. The summed E-state index contributed by atoms with van der Waals surface area (Å²) in [4.78, 5) is 4.31. The van der Waals surface area contributed by atoms with Gasteiger partial charge in [-0.05, 0) is 23.3 Å². The standard InChI is InChI=1S/C21H29N3O2.HI/c1-21(2,17-11-12-18(25-4)19(13-17)26-5)15-24-20(22-3)23-14-16-9-7-6-8-10-16;/h6-13H,14-15H2,1-5H3,(H2,22,23,24);1H. The van der Waals surface area contributed by atoms with Crippen molar-refractivity contribution in [2.24, 2.45) is 4.99 Å². The summed E-state index contributed by atoms with van der Waals surface area (Å²) in [5.41, 5.74) is 2.28. The number of methoxy groups -OCH3 is 2. The minimum Gasteiger partial charge on any atom is -0.493 e. The molecule has 0 aliphatic heterocycles. The zero-order valence-corrected chi connectivity index (χ0v) is 19.0. The lowest BCUT2D eigenvalue weighted by Crippen LogP contribution is -2.43. The third kappa shape index (κ3) is 6.61. The second-order valence-corrected chi connectivity index (χ2v) is 6.72. The van der Waals surface area contributed by atoms with Crippen LogP contribution in [0.3, 0.4) is 0 Å². The van der Waals surface area contributed by atoms with Crippen LogP contribution < -0.4 is 20.1 Å². The lowest BCUT2D eigenvalue weighted by atomic mass is 9.84. The highest BCUT2D eigenvalue weighted by Gasteiger charge is 2.22. The normalized spacial score (nSPS) is 11.4. The van der Waals surface area contributed by atoms with Crippen LogP contribution >= 0.6 is 24.0 Å². The smallest absolute Gasteiger partial charge is 0.191 e. The van der Waals surface area contributed by atoms with Gasteiger partial charge < -0.3 is 20.1 Å². The molecule has 0 heterocycles. The maximum atomic E-state index is 5.42. The summed E-state index contributed by atoms with van der Waals surface area (Å²) < 4.78 is 10.7. The molecule has 2 aromatic rings. The van der Waals surface area contributed by atoms with Crippen LogP contribution in [-0.2, 0) is 12.0 Å². The number of benzene rings is 2. The highest BCUT2D eigenvalue weighted by Crippen LogP contribution is 2.32. The third-order valence-corrected chi connectivity index (χ3v) is 4.39.